The summed E-state index contributed by atoms with van der Waals surface area (Å²) in [6, 6.07) is 18.1. The molecule has 0 fully saturated rings. The van der Waals surface area contributed by atoms with Gasteiger partial charge in [-0.1, -0.05) is 18.2 Å². The molecule has 0 saturated heterocycles. The van der Waals surface area contributed by atoms with Crippen LogP contribution in [-0.4, -0.2) is 28.9 Å². The van der Waals surface area contributed by atoms with Crippen molar-refractivity contribution in [2.75, 3.05) is 18.5 Å². The van der Waals surface area contributed by atoms with E-state index >= 15 is 0 Å². The lowest BCUT2D eigenvalue weighted by Gasteiger charge is -2.08. The first-order valence-electron chi connectivity index (χ1n) is 9.02. The van der Waals surface area contributed by atoms with Crippen LogP contribution in [0.15, 0.2) is 73.1 Å². The van der Waals surface area contributed by atoms with Gasteiger partial charge in [-0.2, -0.15) is 10.4 Å². The molecule has 2 aromatic carbocycles. The average molecular weight is 388 g/mol. The smallest absolute Gasteiger partial charge is 0.248 e. The van der Waals surface area contributed by atoms with Crippen molar-refractivity contribution in [1.29, 1.82) is 5.26 Å². The summed E-state index contributed by atoms with van der Waals surface area (Å²) in [5, 5.41) is 15.4. The van der Waals surface area contributed by atoms with E-state index in [2.05, 4.69) is 10.4 Å². The minimum Gasteiger partial charge on any atom is -0.492 e. The number of carbonyl (C=O) groups is 1. The number of amides is 1. The molecule has 0 saturated carbocycles. The standard InChI is InChI=1S/C22H20N4O3/c23-11-15-28-20-8-5-18(6-9-20)7-10-22(27)25-19-3-1-4-21(17-19)29-16-14-26-13-2-12-24-26/h1-10,12-13,17H,14-16H2,(H,25,27)/b10-7+. The second-order valence-corrected chi connectivity index (χ2v) is 5.98. The van der Waals surface area contributed by atoms with Crippen LogP contribution in [0.1, 0.15) is 5.56 Å². The van der Waals surface area contributed by atoms with Gasteiger partial charge < -0.3 is 14.8 Å². The van der Waals surface area contributed by atoms with Crippen molar-refractivity contribution in [2.45, 2.75) is 6.54 Å². The highest BCUT2D eigenvalue weighted by atomic mass is 16.5. The second kappa shape index (κ2) is 10.3. The molecule has 0 aliphatic carbocycles. The summed E-state index contributed by atoms with van der Waals surface area (Å²) >= 11 is 0. The Balaban J connectivity index is 1.49. The lowest BCUT2D eigenvalue weighted by Crippen LogP contribution is -2.10. The summed E-state index contributed by atoms with van der Waals surface area (Å²) in [4.78, 5) is 12.2. The molecule has 146 valence electrons. The molecule has 3 aromatic rings. The summed E-state index contributed by atoms with van der Waals surface area (Å²) in [5.74, 6) is 1.04. The van der Waals surface area contributed by atoms with Crippen LogP contribution in [0.2, 0.25) is 0 Å². The van der Waals surface area contributed by atoms with E-state index in [9.17, 15) is 4.79 Å². The Hall–Kier alpha value is -4.05. The predicted octanol–water partition coefficient (Wildman–Crippen LogP) is 3.52. The predicted molar refractivity (Wildman–Crippen MR) is 109 cm³/mol. The molecular weight excluding hydrogens is 368 g/mol. The Bertz CT molecular complexity index is 990. The largest absolute Gasteiger partial charge is 0.492 e. The van der Waals surface area contributed by atoms with Crippen LogP contribution in [0.4, 0.5) is 5.69 Å². The molecule has 1 amide bonds. The third-order valence-corrected chi connectivity index (χ3v) is 3.86. The maximum Gasteiger partial charge on any atom is 0.248 e. The monoisotopic (exact) mass is 388 g/mol. The number of ether oxygens (including phenoxy) is 2. The van der Waals surface area contributed by atoms with Gasteiger partial charge in [0.1, 0.15) is 24.2 Å². The van der Waals surface area contributed by atoms with Gasteiger partial charge in [0, 0.05) is 30.2 Å². The molecule has 1 N–H and O–H groups in total. The number of rotatable bonds is 9. The molecule has 0 aliphatic rings. The van der Waals surface area contributed by atoms with Crippen molar-refractivity contribution in [2.24, 2.45) is 0 Å². The van der Waals surface area contributed by atoms with E-state index in [1.165, 1.54) is 6.08 Å². The molecule has 7 nitrogen and oxygen atoms in total. The molecule has 0 bridgehead atoms. The minimum atomic E-state index is -0.247. The summed E-state index contributed by atoms with van der Waals surface area (Å²) in [7, 11) is 0. The number of anilines is 1. The van der Waals surface area contributed by atoms with Crippen LogP contribution in [0, 0.1) is 11.3 Å². The fraction of sp³-hybridized carbons (Fsp3) is 0.136. The van der Waals surface area contributed by atoms with E-state index in [0.717, 1.165) is 5.56 Å². The Morgan fingerprint density at radius 3 is 2.76 bits per heavy atom. The molecule has 0 radical (unpaired) electrons. The van der Waals surface area contributed by atoms with Gasteiger partial charge in [0.15, 0.2) is 6.61 Å². The number of nitrogens with one attached hydrogen (secondary N) is 1. The third-order valence-electron chi connectivity index (χ3n) is 3.86. The van der Waals surface area contributed by atoms with Crippen LogP contribution >= 0.6 is 0 Å². The molecule has 29 heavy (non-hydrogen) atoms. The van der Waals surface area contributed by atoms with E-state index in [1.54, 1.807) is 41.2 Å². The van der Waals surface area contributed by atoms with Gasteiger partial charge in [-0.25, -0.2) is 0 Å². The second-order valence-electron chi connectivity index (χ2n) is 5.98. The molecule has 3 rings (SSSR count). The van der Waals surface area contributed by atoms with Gasteiger partial charge in [-0.3, -0.25) is 9.48 Å². The lowest BCUT2D eigenvalue weighted by molar-refractivity contribution is -0.111. The Morgan fingerprint density at radius 2 is 2.00 bits per heavy atom. The van der Waals surface area contributed by atoms with Crippen LogP contribution < -0.4 is 14.8 Å². The molecule has 0 aliphatic heterocycles. The number of nitrogens with zero attached hydrogens (tertiary/aromatic N) is 3. The van der Waals surface area contributed by atoms with Gasteiger partial charge in [0.2, 0.25) is 5.91 Å². The fourth-order valence-corrected chi connectivity index (χ4v) is 2.50. The highest BCUT2D eigenvalue weighted by Gasteiger charge is 2.01. The van der Waals surface area contributed by atoms with Crippen molar-refractivity contribution in [1.82, 2.24) is 9.78 Å². The summed E-state index contributed by atoms with van der Waals surface area (Å²) in [6.45, 7) is 1.13. The highest BCUT2D eigenvalue weighted by Crippen LogP contribution is 2.18. The maximum atomic E-state index is 12.2. The lowest BCUT2D eigenvalue weighted by atomic mass is 10.2. The zero-order chi connectivity index (χ0) is 20.3. The van der Waals surface area contributed by atoms with Gasteiger partial charge in [-0.15, -0.1) is 0 Å². The quantitative estimate of drug-likeness (QED) is 0.567. The average Bonchev–Trinajstić information content (AvgIpc) is 3.25. The normalized spacial score (nSPS) is 10.4. The van der Waals surface area contributed by atoms with Gasteiger partial charge in [0.25, 0.3) is 0 Å². The third kappa shape index (κ3) is 6.56. The van der Waals surface area contributed by atoms with Crippen molar-refractivity contribution in [3.63, 3.8) is 0 Å². The molecule has 1 heterocycles. The number of nitriles is 1. The van der Waals surface area contributed by atoms with Crippen molar-refractivity contribution >= 4 is 17.7 Å². The van der Waals surface area contributed by atoms with Crippen molar-refractivity contribution in [3.8, 4) is 17.6 Å². The molecule has 1 aromatic heterocycles. The molecule has 0 unspecified atom stereocenters. The van der Waals surface area contributed by atoms with Gasteiger partial charge in [0.05, 0.1) is 6.54 Å². The molecule has 0 spiro atoms. The maximum absolute atomic E-state index is 12.2. The van der Waals surface area contributed by atoms with Crippen molar-refractivity contribution in [3.05, 3.63) is 78.6 Å². The summed E-state index contributed by atoms with van der Waals surface area (Å²) in [5.41, 5.74) is 1.50. The van der Waals surface area contributed by atoms with Crippen LogP contribution in [-0.2, 0) is 11.3 Å². The van der Waals surface area contributed by atoms with E-state index < -0.39 is 0 Å². The van der Waals surface area contributed by atoms with Crippen molar-refractivity contribution < 1.29 is 14.3 Å². The molecule has 7 heteroatoms. The number of carbonyl (C=O) groups excluding carboxylic acids is 1. The van der Waals surface area contributed by atoms with Gasteiger partial charge in [-0.05, 0) is 42.0 Å². The topological polar surface area (TPSA) is 89.2 Å². The minimum absolute atomic E-state index is 0.00358. The fourth-order valence-electron chi connectivity index (χ4n) is 2.50. The van der Waals surface area contributed by atoms with E-state index in [-0.39, 0.29) is 12.5 Å². The van der Waals surface area contributed by atoms with E-state index in [4.69, 9.17) is 14.7 Å². The van der Waals surface area contributed by atoms with Crippen LogP contribution in [0.5, 0.6) is 11.5 Å². The number of aromatic nitrogens is 2. The van der Waals surface area contributed by atoms with Crippen LogP contribution in [0.3, 0.4) is 0 Å². The Kier molecular flexibility index (Phi) is 7.02. The number of hydrogen-bond acceptors (Lipinski definition) is 5. The first kappa shape index (κ1) is 19.7. The number of benzene rings is 2. The summed E-state index contributed by atoms with van der Waals surface area (Å²) < 4.78 is 12.7. The first-order valence-corrected chi connectivity index (χ1v) is 9.02. The SMILES string of the molecule is N#CCOc1ccc(/C=C/C(=O)Nc2cccc(OCCn3cccn3)c2)cc1. The molecular formula is C22H20N4O3. The molecule has 0 atom stereocenters. The Morgan fingerprint density at radius 1 is 1.14 bits per heavy atom. The Labute approximate surface area is 168 Å². The zero-order valence-electron chi connectivity index (χ0n) is 15.7. The first-order chi connectivity index (χ1) is 14.2. The summed E-state index contributed by atoms with van der Waals surface area (Å²) in [6.07, 6.45) is 6.75. The van der Waals surface area contributed by atoms with E-state index in [1.807, 2.05) is 42.6 Å². The number of hydrogen-bond donors (Lipinski definition) is 1. The van der Waals surface area contributed by atoms with Gasteiger partial charge >= 0.3 is 0 Å². The van der Waals surface area contributed by atoms with E-state index in [0.29, 0.717) is 30.3 Å². The highest BCUT2D eigenvalue weighted by molar-refractivity contribution is 6.02. The van der Waals surface area contributed by atoms with Crippen LogP contribution in [0.25, 0.3) is 6.08 Å². The zero-order valence-corrected chi connectivity index (χ0v) is 15.7.